The van der Waals surface area contributed by atoms with E-state index >= 15 is 0 Å². The van der Waals surface area contributed by atoms with Crippen molar-refractivity contribution in [3.8, 4) is 5.75 Å². The fourth-order valence-corrected chi connectivity index (χ4v) is 2.68. The van der Waals surface area contributed by atoms with Gasteiger partial charge in [0.15, 0.2) is 0 Å². The summed E-state index contributed by atoms with van der Waals surface area (Å²) in [7, 11) is 0. The first-order valence-electron chi connectivity index (χ1n) is 8.31. The Labute approximate surface area is 141 Å². The van der Waals surface area contributed by atoms with Crippen LogP contribution in [0.25, 0.3) is 0 Å². The molecule has 0 spiro atoms. The van der Waals surface area contributed by atoms with E-state index in [0.29, 0.717) is 29.8 Å². The average Bonchev–Trinajstić information content (AvgIpc) is 3.03. The first-order chi connectivity index (χ1) is 11.6. The van der Waals surface area contributed by atoms with Crippen LogP contribution in [0.3, 0.4) is 0 Å². The molecule has 0 radical (unpaired) electrons. The van der Waals surface area contributed by atoms with Gasteiger partial charge in [0.1, 0.15) is 11.2 Å². The average molecular weight is 328 g/mol. The van der Waals surface area contributed by atoms with Crippen molar-refractivity contribution < 1.29 is 4.74 Å². The van der Waals surface area contributed by atoms with Crippen LogP contribution >= 0.6 is 0 Å². The van der Waals surface area contributed by atoms with E-state index in [1.54, 1.807) is 12.3 Å². The molecule has 1 saturated heterocycles. The molecule has 1 aliphatic rings. The predicted octanol–water partition coefficient (Wildman–Crippen LogP) is 1.37. The Morgan fingerprint density at radius 2 is 2.33 bits per heavy atom. The summed E-state index contributed by atoms with van der Waals surface area (Å²) >= 11 is 0. The third-order valence-corrected chi connectivity index (χ3v) is 3.82. The minimum atomic E-state index is 0.0980. The van der Waals surface area contributed by atoms with Gasteiger partial charge in [-0.25, -0.2) is 9.97 Å². The Hall–Kier alpha value is -2.41. The standard InChI is InChI=1S/C17H24N6O/c1-12(2)24-15-5-8-23(16(18)9-15)11-14-4-7-20-17(22-14)21-13-3-6-19-10-13/h4-5,7-9,12-13,18-19H,3,6,10-11H2,1-2H3,(H,20,21,22)/t13-/m1/s1. The van der Waals surface area contributed by atoms with Gasteiger partial charge in [-0.05, 0) is 38.9 Å². The second kappa shape index (κ2) is 7.44. The fourth-order valence-electron chi connectivity index (χ4n) is 2.68. The Morgan fingerprint density at radius 3 is 3.04 bits per heavy atom. The molecule has 7 heteroatoms. The highest BCUT2D eigenvalue weighted by atomic mass is 16.5. The fraction of sp³-hybridized carbons (Fsp3) is 0.471. The summed E-state index contributed by atoms with van der Waals surface area (Å²) in [5.74, 6) is 1.36. The van der Waals surface area contributed by atoms with Crippen molar-refractivity contribution in [1.82, 2.24) is 19.9 Å². The van der Waals surface area contributed by atoms with Gasteiger partial charge in [0.05, 0.1) is 18.3 Å². The van der Waals surface area contributed by atoms with Gasteiger partial charge in [0, 0.05) is 31.0 Å². The smallest absolute Gasteiger partial charge is 0.223 e. The SMILES string of the molecule is CC(C)Oc1ccn(Cc2ccnc(N[C@@H]3CCNC3)n2)c(=N)c1. The summed E-state index contributed by atoms with van der Waals surface area (Å²) in [5.41, 5.74) is 1.26. The first kappa shape index (κ1) is 16.4. The molecule has 1 aliphatic heterocycles. The van der Waals surface area contributed by atoms with Crippen molar-refractivity contribution in [1.29, 1.82) is 5.41 Å². The molecule has 3 N–H and O–H groups in total. The van der Waals surface area contributed by atoms with Crippen LogP contribution in [0.2, 0.25) is 0 Å². The van der Waals surface area contributed by atoms with E-state index in [2.05, 4.69) is 20.6 Å². The van der Waals surface area contributed by atoms with E-state index in [1.165, 1.54) is 0 Å². The van der Waals surface area contributed by atoms with Crippen molar-refractivity contribution in [3.05, 3.63) is 41.8 Å². The lowest BCUT2D eigenvalue weighted by Gasteiger charge is -2.13. The number of ether oxygens (including phenoxy) is 1. The number of rotatable bonds is 6. The van der Waals surface area contributed by atoms with Gasteiger partial charge in [-0.1, -0.05) is 0 Å². The Morgan fingerprint density at radius 1 is 1.46 bits per heavy atom. The monoisotopic (exact) mass is 328 g/mol. The lowest BCUT2D eigenvalue weighted by Crippen LogP contribution is -2.24. The van der Waals surface area contributed by atoms with Crippen LogP contribution in [0.1, 0.15) is 26.0 Å². The van der Waals surface area contributed by atoms with Crippen LogP contribution in [0.15, 0.2) is 30.6 Å². The highest BCUT2D eigenvalue weighted by Crippen LogP contribution is 2.10. The summed E-state index contributed by atoms with van der Waals surface area (Å²) < 4.78 is 7.45. The summed E-state index contributed by atoms with van der Waals surface area (Å²) in [6, 6.07) is 5.86. The minimum Gasteiger partial charge on any atom is -0.491 e. The molecule has 1 atom stereocenters. The highest BCUT2D eigenvalue weighted by Gasteiger charge is 2.15. The molecule has 3 heterocycles. The zero-order valence-corrected chi connectivity index (χ0v) is 14.1. The minimum absolute atomic E-state index is 0.0980. The molecule has 0 aromatic carbocycles. The molecule has 3 rings (SSSR count). The Balaban J connectivity index is 1.70. The normalized spacial score (nSPS) is 17.2. The number of hydrogen-bond donors (Lipinski definition) is 3. The molecule has 24 heavy (non-hydrogen) atoms. The van der Waals surface area contributed by atoms with Crippen LogP contribution < -0.4 is 20.9 Å². The largest absolute Gasteiger partial charge is 0.491 e. The van der Waals surface area contributed by atoms with E-state index in [0.717, 1.165) is 25.2 Å². The molecular weight excluding hydrogens is 304 g/mol. The number of nitrogens with one attached hydrogen (secondary N) is 3. The lowest BCUT2D eigenvalue weighted by atomic mass is 10.3. The molecule has 0 aliphatic carbocycles. The van der Waals surface area contributed by atoms with Crippen molar-refractivity contribution in [3.63, 3.8) is 0 Å². The molecule has 2 aromatic rings. The van der Waals surface area contributed by atoms with Gasteiger partial charge in [0.25, 0.3) is 0 Å². The van der Waals surface area contributed by atoms with Gasteiger partial charge in [-0.3, -0.25) is 5.41 Å². The molecule has 0 bridgehead atoms. The predicted molar refractivity (Wildman–Crippen MR) is 92.1 cm³/mol. The number of pyridine rings is 1. The number of aromatic nitrogens is 3. The molecular formula is C17H24N6O. The molecule has 0 unspecified atom stereocenters. The number of nitrogens with zero attached hydrogens (tertiary/aromatic N) is 3. The quantitative estimate of drug-likeness (QED) is 0.745. The van der Waals surface area contributed by atoms with E-state index in [9.17, 15) is 0 Å². The van der Waals surface area contributed by atoms with Crippen LogP contribution in [-0.4, -0.2) is 39.8 Å². The van der Waals surface area contributed by atoms with Gasteiger partial charge in [-0.15, -0.1) is 0 Å². The zero-order chi connectivity index (χ0) is 16.9. The molecule has 7 nitrogen and oxygen atoms in total. The number of hydrogen-bond acceptors (Lipinski definition) is 6. The Kier molecular flexibility index (Phi) is 5.10. The molecule has 128 valence electrons. The lowest BCUT2D eigenvalue weighted by molar-refractivity contribution is 0.241. The topological polar surface area (TPSA) is 87.8 Å². The summed E-state index contributed by atoms with van der Waals surface area (Å²) in [6.07, 6.45) is 4.79. The molecule has 0 saturated carbocycles. The highest BCUT2D eigenvalue weighted by molar-refractivity contribution is 5.28. The number of anilines is 1. The van der Waals surface area contributed by atoms with Crippen LogP contribution in [0, 0.1) is 5.41 Å². The maximum Gasteiger partial charge on any atom is 0.223 e. The van der Waals surface area contributed by atoms with E-state index < -0.39 is 0 Å². The summed E-state index contributed by atoms with van der Waals surface area (Å²) in [6.45, 7) is 6.44. The van der Waals surface area contributed by atoms with E-state index in [-0.39, 0.29) is 6.10 Å². The maximum absolute atomic E-state index is 8.16. The second-order valence-corrected chi connectivity index (χ2v) is 6.25. The third kappa shape index (κ3) is 4.32. The van der Waals surface area contributed by atoms with Gasteiger partial charge in [-0.2, -0.15) is 0 Å². The maximum atomic E-state index is 8.16. The van der Waals surface area contributed by atoms with Gasteiger partial charge < -0.3 is 19.9 Å². The van der Waals surface area contributed by atoms with Crippen molar-refractivity contribution in [2.24, 2.45) is 0 Å². The zero-order valence-electron chi connectivity index (χ0n) is 14.1. The Bertz CT molecular complexity index is 736. The van der Waals surface area contributed by atoms with Crippen LogP contribution in [0.5, 0.6) is 5.75 Å². The van der Waals surface area contributed by atoms with Crippen molar-refractivity contribution in [2.75, 3.05) is 18.4 Å². The van der Waals surface area contributed by atoms with Gasteiger partial charge in [0.2, 0.25) is 5.95 Å². The van der Waals surface area contributed by atoms with Gasteiger partial charge >= 0.3 is 0 Å². The van der Waals surface area contributed by atoms with E-state index in [4.69, 9.17) is 10.1 Å². The van der Waals surface area contributed by atoms with Crippen LogP contribution in [0.4, 0.5) is 5.95 Å². The van der Waals surface area contributed by atoms with Crippen molar-refractivity contribution in [2.45, 2.75) is 39.0 Å². The van der Waals surface area contributed by atoms with E-state index in [1.807, 2.05) is 36.7 Å². The third-order valence-electron chi connectivity index (χ3n) is 3.82. The molecule has 0 amide bonds. The summed E-state index contributed by atoms with van der Waals surface area (Å²) in [5, 5.41) is 14.8. The first-order valence-corrected chi connectivity index (χ1v) is 8.31. The van der Waals surface area contributed by atoms with Crippen LogP contribution in [-0.2, 0) is 6.54 Å². The van der Waals surface area contributed by atoms with Crippen molar-refractivity contribution >= 4 is 5.95 Å². The molecule has 2 aromatic heterocycles. The molecule has 1 fully saturated rings. The summed E-state index contributed by atoms with van der Waals surface area (Å²) in [4.78, 5) is 8.85. The second-order valence-electron chi connectivity index (χ2n) is 6.25.